The molecule has 2 fully saturated rings. The quantitative estimate of drug-likeness (QED) is 0.663. The van der Waals surface area contributed by atoms with Crippen LogP contribution in [0.25, 0.3) is 0 Å². The second-order valence-electron chi connectivity index (χ2n) is 8.17. The molecular weight excluding hydrogens is 407 g/mol. The Labute approximate surface area is 178 Å². The number of cyclic esters (lactones) is 1. The predicted octanol–water partition coefficient (Wildman–Crippen LogP) is 1.20. The highest BCUT2D eigenvalue weighted by Crippen LogP contribution is 2.34. The van der Waals surface area contributed by atoms with Crippen molar-refractivity contribution >= 4 is 23.4 Å². The average molecular weight is 433 g/mol. The van der Waals surface area contributed by atoms with Crippen molar-refractivity contribution < 1.29 is 23.8 Å². The fourth-order valence-corrected chi connectivity index (χ4v) is 4.20. The number of rotatable bonds is 6. The SMILES string of the molecule is CC1CC[N+](NC(=O)CO)(c2ccc(N3CC(Cn4ccnn4)OC3=O)cc2F)CC1. The van der Waals surface area contributed by atoms with Crippen LogP contribution in [0.5, 0.6) is 0 Å². The molecule has 11 heteroatoms. The number of hydrogen-bond acceptors (Lipinski definition) is 6. The average Bonchev–Trinajstić information content (AvgIpc) is 3.39. The smallest absolute Gasteiger partial charge is 0.414 e. The molecule has 2 aromatic rings. The summed E-state index contributed by atoms with van der Waals surface area (Å²) >= 11 is 0. The molecule has 3 heterocycles. The summed E-state index contributed by atoms with van der Waals surface area (Å²) in [6.45, 7) is 3.12. The van der Waals surface area contributed by atoms with Gasteiger partial charge in [0.1, 0.15) is 25.8 Å². The first-order chi connectivity index (χ1) is 14.9. The van der Waals surface area contributed by atoms with E-state index < -0.39 is 30.5 Å². The normalized spacial score (nSPS) is 26.0. The molecule has 2 saturated heterocycles. The Hall–Kier alpha value is -3.05. The lowest BCUT2D eigenvalue weighted by molar-refractivity contribution is -0.129. The molecule has 1 aromatic carbocycles. The van der Waals surface area contributed by atoms with Crippen molar-refractivity contribution in [3.8, 4) is 0 Å². The number of nitrogens with zero attached hydrogens (tertiary/aromatic N) is 5. The van der Waals surface area contributed by atoms with Crippen molar-refractivity contribution in [2.45, 2.75) is 32.4 Å². The van der Waals surface area contributed by atoms with E-state index in [-0.39, 0.29) is 11.1 Å². The molecule has 166 valence electrons. The van der Waals surface area contributed by atoms with Crippen LogP contribution in [0.3, 0.4) is 0 Å². The largest absolute Gasteiger partial charge is 0.442 e. The molecule has 2 N–H and O–H groups in total. The molecule has 0 bridgehead atoms. The van der Waals surface area contributed by atoms with Gasteiger partial charge in [-0.15, -0.1) is 5.10 Å². The standard InChI is InChI=1S/C20H25FN6O4/c1-14-4-8-27(9-5-14,23-19(29)13-28)18-3-2-15(10-17(18)21)26-12-16(31-20(26)30)11-25-7-6-22-24-25/h2-3,6-7,10,14,16,28H,4-5,8-9,11-13H2,1H3/p+1. The number of aromatic nitrogens is 3. The van der Waals surface area contributed by atoms with Gasteiger partial charge < -0.3 is 9.84 Å². The minimum absolute atomic E-state index is 0.0603. The summed E-state index contributed by atoms with van der Waals surface area (Å²) in [5, 5.41) is 16.8. The molecule has 2 aliphatic rings. The Morgan fingerprint density at radius 3 is 2.81 bits per heavy atom. The van der Waals surface area contributed by atoms with E-state index in [4.69, 9.17) is 4.74 Å². The van der Waals surface area contributed by atoms with E-state index in [0.29, 0.717) is 36.9 Å². The van der Waals surface area contributed by atoms with Crippen LogP contribution in [-0.2, 0) is 16.1 Å². The van der Waals surface area contributed by atoms with Gasteiger partial charge in [-0.2, -0.15) is 10.0 Å². The van der Waals surface area contributed by atoms with E-state index in [1.807, 2.05) is 0 Å². The van der Waals surface area contributed by atoms with Crippen molar-refractivity contribution in [2.24, 2.45) is 5.92 Å². The van der Waals surface area contributed by atoms with Crippen molar-refractivity contribution in [3.05, 3.63) is 36.4 Å². The molecule has 0 spiro atoms. The molecule has 1 atom stereocenters. The van der Waals surface area contributed by atoms with Gasteiger partial charge in [-0.3, -0.25) is 9.69 Å². The summed E-state index contributed by atoms with van der Waals surface area (Å²) in [5.41, 5.74) is 3.47. The van der Waals surface area contributed by atoms with Crippen LogP contribution in [0.2, 0.25) is 0 Å². The van der Waals surface area contributed by atoms with Crippen molar-refractivity contribution in [1.29, 1.82) is 0 Å². The number of anilines is 1. The number of aliphatic hydroxyl groups excluding tert-OH is 1. The van der Waals surface area contributed by atoms with Gasteiger partial charge in [0.25, 0.3) is 5.91 Å². The number of amides is 2. The van der Waals surface area contributed by atoms with Gasteiger partial charge in [0.15, 0.2) is 11.5 Å². The second kappa shape index (κ2) is 8.60. The summed E-state index contributed by atoms with van der Waals surface area (Å²) in [6, 6.07) is 4.54. The van der Waals surface area contributed by atoms with Gasteiger partial charge in [0.2, 0.25) is 0 Å². The number of halogens is 1. The van der Waals surface area contributed by atoms with Crippen LogP contribution < -0.4 is 14.9 Å². The zero-order valence-electron chi connectivity index (χ0n) is 17.3. The molecule has 1 aromatic heterocycles. The maximum atomic E-state index is 15.3. The number of quaternary nitrogens is 1. The molecule has 31 heavy (non-hydrogen) atoms. The van der Waals surface area contributed by atoms with Gasteiger partial charge >= 0.3 is 6.09 Å². The first-order valence-electron chi connectivity index (χ1n) is 10.3. The van der Waals surface area contributed by atoms with E-state index in [1.165, 1.54) is 17.2 Å². The minimum atomic E-state index is -0.665. The molecule has 0 saturated carbocycles. The number of ether oxygens (including phenoxy) is 1. The Bertz CT molecular complexity index is 945. The van der Waals surface area contributed by atoms with Gasteiger partial charge in [-0.25, -0.2) is 13.9 Å². The molecule has 10 nitrogen and oxygen atoms in total. The van der Waals surface area contributed by atoms with E-state index in [1.54, 1.807) is 23.0 Å². The lowest BCUT2D eigenvalue weighted by Crippen LogP contribution is -2.65. The van der Waals surface area contributed by atoms with Crippen molar-refractivity contribution in [3.63, 3.8) is 0 Å². The maximum absolute atomic E-state index is 15.3. The summed E-state index contributed by atoms with van der Waals surface area (Å²) in [7, 11) is 0. The highest BCUT2D eigenvalue weighted by Gasteiger charge is 2.40. The molecular formula is C20H26FN6O4+. The summed E-state index contributed by atoms with van der Waals surface area (Å²) in [6.07, 6.45) is 3.86. The number of hydrogen-bond donors (Lipinski definition) is 2. The molecule has 0 radical (unpaired) electrons. The van der Waals surface area contributed by atoms with Crippen LogP contribution in [0, 0.1) is 11.7 Å². The Morgan fingerprint density at radius 2 is 2.16 bits per heavy atom. The number of nitrogens with one attached hydrogen (secondary N) is 1. The van der Waals surface area contributed by atoms with Crippen LogP contribution in [-0.4, -0.2) is 64.4 Å². The third-order valence-electron chi connectivity index (χ3n) is 5.93. The van der Waals surface area contributed by atoms with E-state index in [2.05, 4.69) is 22.7 Å². The summed E-state index contributed by atoms with van der Waals surface area (Å²) in [4.78, 5) is 25.7. The molecule has 1 unspecified atom stereocenters. The zero-order valence-corrected chi connectivity index (χ0v) is 17.3. The van der Waals surface area contributed by atoms with Crippen molar-refractivity contribution in [2.75, 3.05) is 31.1 Å². The molecule has 0 aliphatic carbocycles. The highest BCUT2D eigenvalue weighted by atomic mass is 19.1. The number of carbonyl (C=O) groups excluding carboxylic acids is 2. The highest BCUT2D eigenvalue weighted by molar-refractivity contribution is 5.90. The number of aliphatic hydroxyl groups is 1. The van der Waals surface area contributed by atoms with E-state index in [9.17, 15) is 14.7 Å². The maximum Gasteiger partial charge on any atom is 0.414 e. The Kier molecular flexibility index (Phi) is 5.88. The first kappa shape index (κ1) is 21.2. The van der Waals surface area contributed by atoms with Crippen molar-refractivity contribution in [1.82, 2.24) is 25.0 Å². The monoisotopic (exact) mass is 433 g/mol. The third kappa shape index (κ3) is 4.37. The van der Waals surface area contributed by atoms with Crippen LogP contribution in [0.1, 0.15) is 19.8 Å². The lowest BCUT2D eigenvalue weighted by atomic mass is 9.97. The third-order valence-corrected chi connectivity index (χ3v) is 5.93. The predicted molar refractivity (Wildman–Crippen MR) is 109 cm³/mol. The van der Waals surface area contributed by atoms with E-state index in [0.717, 1.165) is 12.8 Å². The van der Waals surface area contributed by atoms with Crippen LogP contribution in [0.15, 0.2) is 30.6 Å². The van der Waals surface area contributed by atoms with Gasteiger partial charge in [-0.05, 0) is 12.0 Å². The van der Waals surface area contributed by atoms with Gasteiger partial charge in [-0.1, -0.05) is 12.1 Å². The fourth-order valence-electron chi connectivity index (χ4n) is 4.20. The number of benzene rings is 1. The lowest BCUT2D eigenvalue weighted by Gasteiger charge is -2.41. The first-order valence-corrected chi connectivity index (χ1v) is 10.3. The number of carbonyl (C=O) groups is 2. The second-order valence-corrected chi connectivity index (χ2v) is 8.17. The summed E-state index contributed by atoms with van der Waals surface area (Å²) < 4.78 is 22.2. The number of piperidine rings is 1. The topological polar surface area (TPSA) is 110 Å². The molecule has 2 aliphatic heterocycles. The zero-order chi connectivity index (χ0) is 22.0. The Balaban J connectivity index is 1.55. The summed E-state index contributed by atoms with van der Waals surface area (Å²) in [5.74, 6) is -0.615. The van der Waals surface area contributed by atoms with Crippen LogP contribution >= 0.6 is 0 Å². The van der Waals surface area contributed by atoms with Gasteiger partial charge in [0, 0.05) is 31.2 Å². The molecule has 2 amide bonds. The van der Waals surface area contributed by atoms with Gasteiger partial charge in [0.05, 0.1) is 25.0 Å². The fraction of sp³-hybridized carbons (Fsp3) is 0.500. The van der Waals surface area contributed by atoms with E-state index >= 15 is 4.39 Å². The van der Waals surface area contributed by atoms with Crippen LogP contribution in [0.4, 0.5) is 20.6 Å². The molecule has 4 rings (SSSR count). The minimum Gasteiger partial charge on any atom is -0.442 e. The Morgan fingerprint density at radius 1 is 1.39 bits per heavy atom.